The van der Waals surface area contributed by atoms with Crippen molar-refractivity contribution >= 4 is 14.4 Å². The Kier molecular flexibility index (Phi) is 10.1. The molecule has 0 fully saturated rings. The number of amides is 1. The summed E-state index contributed by atoms with van der Waals surface area (Å²) in [6, 6.07) is 7.49. The minimum absolute atomic E-state index is 0.00463. The molecule has 28 heavy (non-hydrogen) atoms. The molecule has 0 aromatic heterocycles. The lowest BCUT2D eigenvalue weighted by molar-refractivity contribution is 0.0513. The van der Waals surface area contributed by atoms with Gasteiger partial charge in [-0.15, -0.1) is 0 Å². The Morgan fingerprint density at radius 2 is 1.79 bits per heavy atom. The summed E-state index contributed by atoms with van der Waals surface area (Å²) in [6.45, 7) is 17.2. The zero-order valence-corrected chi connectivity index (χ0v) is 19.1. The molecule has 1 unspecified atom stereocenters. The van der Waals surface area contributed by atoms with E-state index in [2.05, 4.69) is 26.2 Å². The van der Waals surface area contributed by atoms with E-state index in [-0.39, 0.29) is 18.2 Å². The standard InChI is InChI=1S/C21H35NO5Si/c1-8-14-25-19-12-10-11-13-20(19)26-16-18(27-28(5,6)7)15-22(17(3)4)21(23)24-9-2/h8,10-13,17-18H,1,9,14-16H2,2-7H3. The van der Waals surface area contributed by atoms with Crippen molar-refractivity contribution < 1.29 is 23.4 Å². The normalized spacial score (nSPS) is 12.4. The molecule has 0 spiro atoms. The Labute approximate surface area is 170 Å². The molecule has 1 amide bonds. The van der Waals surface area contributed by atoms with Crippen LogP contribution in [0.25, 0.3) is 0 Å². The minimum atomic E-state index is -1.85. The van der Waals surface area contributed by atoms with Gasteiger partial charge >= 0.3 is 6.09 Å². The van der Waals surface area contributed by atoms with Crippen LogP contribution in [0.2, 0.25) is 19.6 Å². The average Bonchev–Trinajstić information content (AvgIpc) is 2.61. The number of para-hydroxylation sites is 2. The topological polar surface area (TPSA) is 57.2 Å². The lowest BCUT2D eigenvalue weighted by atomic mass is 10.2. The van der Waals surface area contributed by atoms with Crippen LogP contribution in [-0.2, 0) is 9.16 Å². The van der Waals surface area contributed by atoms with Gasteiger partial charge in [0.2, 0.25) is 0 Å². The van der Waals surface area contributed by atoms with Crippen molar-refractivity contribution in [1.82, 2.24) is 4.90 Å². The van der Waals surface area contributed by atoms with Crippen molar-refractivity contribution in [3.63, 3.8) is 0 Å². The summed E-state index contributed by atoms with van der Waals surface area (Å²) in [6.07, 6.45) is 1.08. The van der Waals surface area contributed by atoms with E-state index in [0.29, 0.717) is 37.9 Å². The van der Waals surface area contributed by atoms with Gasteiger partial charge in [0.05, 0.1) is 19.3 Å². The third-order valence-corrected chi connectivity index (χ3v) is 4.72. The maximum atomic E-state index is 12.3. The van der Waals surface area contributed by atoms with E-state index in [9.17, 15) is 4.79 Å². The Hall–Kier alpha value is -1.99. The average molecular weight is 410 g/mol. The fourth-order valence-electron chi connectivity index (χ4n) is 2.57. The molecule has 0 saturated carbocycles. The molecule has 0 aliphatic rings. The van der Waals surface area contributed by atoms with Gasteiger partial charge in [0.15, 0.2) is 19.8 Å². The van der Waals surface area contributed by atoms with Gasteiger partial charge in [-0.1, -0.05) is 24.8 Å². The van der Waals surface area contributed by atoms with Crippen molar-refractivity contribution in [2.75, 3.05) is 26.4 Å². The number of carbonyl (C=O) groups is 1. The second-order valence-electron chi connectivity index (χ2n) is 7.65. The first-order chi connectivity index (χ1) is 13.2. The third kappa shape index (κ3) is 8.80. The zero-order valence-electron chi connectivity index (χ0n) is 18.1. The van der Waals surface area contributed by atoms with E-state index in [0.717, 1.165) is 0 Å². The van der Waals surface area contributed by atoms with Crippen molar-refractivity contribution in [2.24, 2.45) is 0 Å². The summed E-state index contributed by atoms with van der Waals surface area (Å²) in [7, 11) is -1.85. The van der Waals surface area contributed by atoms with Crippen molar-refractivity contribution in [1.29, 1.82) is 0 Å². The van der Waals surface area contributed by atoms with Crippen LogP contribution in [0.4, 0.5) is 4.79 Å². The first-order valence-corrected chi connectivity index (χ1v) is 13.2. The number of benzene rings is 1. The van der Waals surface area contributed by atoms with E-state index in [1.165, 1.54) is 0 Å². The molecule has 1 aromatic carbocycles. The van der Waals surface area contributed by atoms with Gasteiger partial charge in [0, 0.05) is 6.04 Å². The summed E-state index contributed by atoms with van der Waals surface area (Å²) < 4.78 is 23.2. The molecule has 1 atom stereocenters. The highest BCUT2D eigenvalue weighted by Gasteiger charge is 2.28. The Morgan fingerprint density at radius 1 is 1.18 bits per heavy atom. The van der Waals surface area contributed by atoms with Crippen LogP contribution in [0.3, 0.4) is 0 Å². The van der Waals surface area contributed by atoms with Crippen LogP contribution in [0.5, 0.6) is 11.5 Å². The molecule has 0 N–H and O–H groups in total. The summed E-state index contributed by atoms with van der Waals surface area (Å²) >= 11 is 0. The van der Waals surface area contributed by atoms with Crippen LogP contribution >= 0.6 is 0 Å². The van der Waals surface area contributed by atoms with E-state index < -0.39 is 8.32 Å². The molecule has 0 bridgehead atoms. The highest BCUT2D eigenvalue weighted by molar-refractivity contribution is 6.69. The highest BCUT2D eigenvalue weighted by atomic mass is 28.4. The van der Waals surface area contributed by atoms with E-state index >= 15 is 0 Å². The van der Waals surface area contributed by atoms with E-state index in [1.54, 1.807) is 17.9 Å². The predicted molar refractivity (Wildman–Crippen MR) is 115 cm³/mol. The molecule has 0 heterocycles. The largest absolute Gasteiger partial charge is 0.487 e. The second-order valence-corrected chi connectivity index (χ2v) is 12.1. The molecule has 0 radical (unpaired) electrons. The molecular formula is C21H35NO5Si. The van der Waals surface area contributed by atoms with E-state index in [4.69, 9.17) is 18.6 Å². The third-order valence-electron chi connectivity index (χ3n) is 3.68. The maximum absolute atomic E-state index is 12.3. The fraction of sp³-hybridized carbons (Fsp3) is 0.571. The van der Waals surface area contributed by atoms with Gasteiger partial charge in [-0.25, -0.2) is 4.79 Å². The van der Waals surface area contributed by atoms with Gasteiger partial charge in [-0.2, -0.15) is 0 Å². The van der Waals surface area contributed by atoms with Crippen molar-refractivity contribution in [2.45, 2.75) is 52.6 Å². The highest BCUT2D eigenvalue weighted by Crippen LogP contribution is 2.27. The maximum Gasteiger partial charge on any atom is 0.410 e. The molecule has 0 saturated heterocycles. The Bertz CT molecular complexity index is 615. The SMILES string of the molecule is C=CCOc1ccccc1OCC(CN(C(=O)OCC)C(C)C)O[Si](C)(C)C. The van der Waals surface area contributed by atoms with Crippen molar-refractivity contribution in [3.8, 4) is 11.5 Å². The van der Waals surface area contributed by atoms with Gasteiger partial charge in [-0.3, -0.25) is 0 Å². The van der Waals surface area contributed by atoms with Crippen molar-refractivity contribution in [3.05, 3.63) is 36.9 Å². The summed E-state index contributed by atoms with van der Waals surface area (Å²) in [5.41, 5.74) is 0. The van der Waals surface area contributed by atoms with E-state index in [1.807, 2.05) is 38.1 Å². The van der Waals surface area contributed by atoms with Gasteiger partial charge in [-0.05, 0) is 52.5 Å². The molecule has 1 rings (SSSR count). The van der Waals surface area contributed by atoms with Gasteiger partial charge in [0.1, 0.15) is 13.2 Å². The Balaban J connectivity index is 2.90. The number of rotatable bonds is 12. The molecular weight excluding hydrogens is 374 g/mol. The van der Waals surface area contributed by atoms with Gasteiger partial charge in [0.25, 0.3) is 0 Å². The number of ether oxygens (including phenoxy) is 3. The zero-order chi connectivity index (χ0) is 21.2. The lowest BCUT2D eigenvalue weighted by Crippen LogP contribution is -2.47. The first-order valence-electron chi connectivity index (χ1n) is 9.74. The number of carbonyl (C=O) groups excluding carboxylic acids is 1. The van der Waals surface area contributed by atoms with Crippen LogP contribution in [0.1, 0.15) is 20.8 Å². The quantitative estimate of drug-likeness (QED) is 0.369. The number of nitrogens with zero attached hydrogens (tertiary/aromatic N) is 1. The molecule has 158 valence electrons. The summed E-state index contributed by atoms with van der Waals surface area (Å²) in [5.74, 6) is 1.29. The number of hydrogen-bond donors (Lipinski definition) is 0. The number of hydrogen-bond acceptors (Lipinski definition) is 5. The summed E-state index contributed by atoms with van der Waals surface area (Å²) in [4.78, 5) is 14.0. The van der Waals surface area contributed by atoms with Crippen LogP contribution in [-0.4, -0.2) is 57.8 Å². The predicted octanol–water partition coefficient (Wildman–Crippen LogP) is 4.72. The lowest BCUT2D eigenvalue weighted by Gasteiger charge is -2.33. The summed E-state index contributed by atoms with van der Waals surface area (Å²) in [5, 5.41) is 0. The van der Waals surface area contributed by atoms with Crippen LogP contribution < -0.4 is 9.47 Å². The Morgan fingerprint density at radius 3 is 2.29 bits per heavy atom. The smallest absolute Gasteiger partial charge is 0.410 e. The molecule has 6 nitrogen and oxygen atoms in total. The minimum Gasteiger partial charge on any atom is -0.487 e. The van der Waals surface area contributed by atoms with Crippen LogP contribution in [0.15, 0.2) is 36.9 Å². The van der Waals surface area contributed by atoms with Crippen LogP contribution in [0, 0.1) is 0 Å². The van der Waals surface area contributed by atoms with Gasteiger partial charge < -0.3 is 23.5 Å². The fourth-order valence-corrected chi connectivity index (χ4v) is 3.71. The second kappa shape index (κ2) is 11.8. The molecule has 7 heteroatoms. The first kappa shape index (κ1) is 24.0. The molecule has 1 aromatic rings. The molecule has 0 aliphatic heterocycles. The molecule has 0 aliphatic carbocycles. The monoisotopic (exact) mass is 409 g/mol.